The van der Waals surface area contributed by atoms with Gasteiger partial charge in [-0.2, -0.15) is 0 Å². The molecule has 1 aromatic heterocycles. The van der Waals surface area contributed by atoms with Crippen molar-refractivity contribution in [2.24, 2.45) is 5.73 Å². The first-order chi connectivity index (χ1) is 11.7. The number of nitrogens with two attached hydrogens (primary N) is 1. The Kier molecular flexibility index (Phi) is 6.22. The van der Waals surface area contributed by atoms with Crippen molar-refractivity contribution in [1.29, 1.82) is 0 Å². The molecule has 25 heavy (non-hydrogen) atoms. The number of rotatable bonds is 8. The largest absolute Gasteiger partial charge is 0.346 e. The van der Waals surface area contributed by atoms with Crippen LogP contribution in [0.1, 0.15) is 15.2 Å². The van der Waals surface area contributed by atoms with Gasteiger partial charge in [-0.1, -0.05) is 6.07 Å². The van der Waals surface area contributed by atoms with Crippen LogP contribution in [0.25, 0.3) is 0 Å². The van der Waals surface area contributed by atoms with Crippen molar-refractivity contribution in [3.8, 4) is 0 Å². The number of hydrogen-bond acceptors (Lipinski definition) is 5. The van der Waals surface area contributed by atoms with E-state index < -0.39 is 34.9 Å². The lowest BCUT2D eigenvalue weighted by atomic mass is 10.2. The van der Waals surface area contributed by atoms with Crippen LogP contribution >= 0.6 is 11.3 Å². The maximum absolute atomic E-state index is 13.0. The summed E-state index contributed by atoms with van der Waals surface area (Å²) in [5, 5.41) is 3.90. The minimum Gasteiger partial charge on any atom is -0.346 e. The van der Waals surface area contributed by atoms with Gasteiger partial charge in [-0.05, 0) is 35.7 Å². The van der Waals surface area contributed by atoms with Crippen molar-refractivity contribution in [2.45, 2.75) is 17.4 Å². The summed E-state index contributed by atoms with van der Waals surface area (Å²) in [6.07, 6.45) is 0. The van der Waals surface area contributed by atoms with Crippen LogP contribution in [-0.4, -0.2) is 33.3 Å². The maximum atomic E-state index is 13.0. The third-order valence-corrected chi connectivity index (χ3v) is 5.54. The minimum atomic E-state index is -3.73. The lowest BCUT2D eigenvalue weighted by Gasteiger charge is -2.14. The molecule has 2 aromatic rings. The SMILES string of the molecule is NCC(F)(F)CNC(=O)c1ccc(S(=O)(=O)NCc2cccs2)cc1. The Morgan fingerprint density at radius 3 is 2.44 bits per heavy atom. The summed E-state index contributed by atoms with van der Waals surface area (Å²) in [5.74, 6) is -3.92. The molecule has 0 aliphatic carbocycles. The van der Waals surface area contributed by atoms with Gasteiger partial charge in [0.05, 0.1) is 18.0 Å². The molecule has 1 heterocycles. The summed E-state index contributed by atoms with van der Waals surface area (Å²) in [6, 6.07) is 8.62. The number of sulfonamides is 1. The van der Waals surface area contributed by atoms with Crippen LogP contribution in [0, 0.1) is 0 Å². The number of benzene rings is 1. The second-order valence-electron chi connectivity index (χ2n) is 5.17. The van der Waals surface area contributed by atoms with Gasteiger partial charge in [-0.3, -0.25) is 4.79 Å². The molecule has 6 nitrogen and oxygen atoms in total. The zero-order chi connectivity index (χ0) is 18.5. The molecule has 0 saturated heterocycles. The molecule has 2 rings (SSSR count). The fourth-order valence-corrected chi connectivity index (χ4v) is 3.57. The first-order valence-corrected chi connectivity index (χ1v) is 9.58. The van der Waals surface area contributed by atoms with Crippen molar-refractivity contribution < 1.29 is 22.0 Å². The van der Waals surface area contributed by atoms with Gasteiger partial charge in [0.25, 0.3) is 11.8 Å². The number of carbonyl (C=O) groups excluding carboxylic acids is 1. The van der Waals surface area contributed by atoms with Crippen LogP contribution < -0.4 is 15.8 Å². The molecule has 10 heteroatoms. The maximum Gasteiger partial charge on any atom is 0.277 e. The number of thiophene rings is 1. The van der Waals surface area contributed by atoms with E-state index in [9.17, 15) is 22.0 Å². The lowest BCUT2D eigenvalue weighted by molar-refractivity contribution is 0.0118. The number of hydrogen-bond donors (Lipinski definition) is 3. The third-order valence-electron chi connectivity index (χ3n) is 3.25. The van der Waals surface area contributed by atoms with Crippen molar-refractivity contribution in [1.82, 2.24) is 10.0 Å². The van der Waals surface area contributed by atoms with E-state index in [0.717, 1.165) is 4.88 Å². The molecule has 0 saturated carbocycles. The van der Waals surface area contributed by atoms with E-state index in [2.05, 4.69) is 10.0 Å². The van der Waals surface area contributed by atoms with E-state index in [1.165, 1.54) is 35.6 Å². The number of alkyl halides is 2. The van der Waals surface area contributed by atoms with Gasteiger partial charge in [0.2, 0.25) is 10.0 Å². The van der Waals surface area contributed by atoms with E-state index in [0.29, 0.717) is 0 Å². The van der Waals surface area contributed by atoms with Crippen LogP contribution in [-0.2, 0) is 16.6 Å². The average Bonchev–Trinajstić information content (AvgIpc) is 3.12. The average molecular weight is 389 g/mol. The first kappa shape index (κ1) is 19.4. The predicted octanol–water partition coefficient (Wildman–Crippen LogP) is 1.55. The van der Waals surface area contributed by atoms with Gasteiger partial charge in [-0.15, -0.1) is 11.3 Å². The van der Waals surface area contributed by atoms with E-state index in [1.54, 1.807) is 6.07 Å². The summed E-state index contributed by atoms with van der Waals surface area (Å²) >= 11 is 1.42. The molecule has 0 aliphatic heterocycles. The fraction of sp³-hybridized carbons (Fsp3) is 0.267. The molecule has 0 radical (unpaired) electrons. The summed E-state index contributed by atoms with van der Waals surface area (Å²) in [6.45, 7) is -1.60. The predicted molar refractivity (Wildman–Crippen MR) is 91.1 cm³/mol. The lowest BCUT2D eigenvalue weighted by Crippen LogP contribution is -2.41. The zero-order valence-electron chi connectivity index (χ0n) is 13.0. The van der Waals surface area contributed by atoms with Gasteiger partial charge in [0.1, 0.15) is 0 Å². The molecule has 0 bridgehead atoms. The molecule has 1 amide bonds. The number of carbonyl (C=O) groups is 1. The number of halogens is 2. The second-order valence-corrected chi connectivity index (χ2v) is 7.97. The zero-order valence-corrected chi connectivity index (χ0v) is 14.7. The van der Waals surface area contributed by atoms with Gasteiger partial charge in [-0.25, -0.2) is 21.9 Å². The summed E-state index contributed by atoms with van der Waals surface area (Å²) in [5.41, 5.74) is 4.96. The molecule has 0 aliphatic rings. The van der Waals surface area contributed by atoms with E-state index in [-0.39, 0.29) is 17.0 Å². The van der Waals surface area contributed by atoms with Crippen LogP contribution in [0.4, 0.5) is 8.78 Å². The van der Waals surface area contributed by atoms with Crippen molar-refractivity contribution in [2.75, 3.05) is 13.1 Å². The summed E-state index contributed by atoms with van der Waals surface area (Å²) in [7, 11) is -3.73. The van der Waals surface area contributed by atoms with Crippen LogP contribution in [0.3, 0.4) is 0 Å². The number of amides is 1. The van der Waals surface area contributed by atoms with Gasteiger partial charge < -0.3 is 11.1 Å². The topological polar surface area (TPSA) is 101 Å². The van der Waals surface area contributed by atoms with E-state index in [1.807, 2.05) is 11.4 Å². The Hall–Kier alpha value is -1.88. The molecular formula is C15H17F2N3O3S2. The Morgan fingerprint density at radius 1 is 1.20 bits per heavy atom. The third kappa shape index (κ3) is 5.56. The second kappa shape index (κ2) is 8.00. The minimum absolute atomic E-state index is 0.0205. The van der Waals surface area contributed by atoms with Gasteiger partial charge >= 0.3 is 0 Å². The Morgan fingerprint density at radius 2 is 1.88 bits per heavy atom. The Bertz CT molecular complexity index is 807. The highest BCUT2D eigenvalue weighted by molar-refractivity contribution is 7.89. The quantitative estimate of drug-likeness (QED) is 0.638. The molecule has 1 aromatic carbocycles. The standard InChI is InChI=1S/C15H17F2N3O3S2/c16-15(17,9-18)10-19-14(21)11-3-5-13(6-4-11)25(22,23)20-8-12-2-1-7-24-12/h1-7,20H,8-10,18H2,(H,19,21). The Balaban J connectivity index is 1.99. The molecule has 4 N–H and O–H groups in total. The highest BCUT2D eigenvalue weighted by Crippen LogP contribution is 2.14. The highest BCUT2D eigenvalue weighted by Gasteiger charge is 2.27. The fourth-order valence-electron chi connectivity index (χ4n) is 1.83. The van der Waals surface area contributed by atoms with Gasteiger partial charge in [0.15, 0.2) is 0 Å². The molecule has 0 fully saturated rings. The van der Waals surface area contributed by atoms with E-state index >= 15 is 0 Å². The molecule has 0 atom stereocenters. The normalized spacial score (nSPS) is 12.1. The monoisotopic (exact) mass is 389 g/mol. The summed E-state index contributed by atoms with van der Waals surface area (Å²) < 4.78 is 52.9. The van der Waals surface area contributed by atoms with Crippen LogP contribution in [0.2, 0.25) is 0 Å². The summed E-state index contributed by atoms with van der Waals surface area (Å²) in [4.78, 5) is 12.6. The van der Waals surface area contributed by atoms with Gasteiger partial charge in [0, 0.05) is 17.0 Å². The Labute approximate surface area is 148 Å². The smallest absolute Gasteiger partial charge is 0.277 e. The molecular weight excluding hydrogens is 372 g/mol. The first-order valence-electron chi connectivity index (χ1n) is 7.22. The van der Waals surface area contributed by atoms with Crippen LogP contribution in [0.15, 0.2) is 46.7 Å². The number of nitrogens with one attached hydrogen (secondary N) is 2. The highest BCUT2D eigenvalue weighted by atomic mass is 32.2. The molecule has 136 valence electrons. The van der Waals surface area contributed by atoms with Crippen molar-refractivity contribution in [3.05, 3.63) is 52.2 Å². The van der Waals surface area contributed by atoms with Crippen molar-refractivity contribution in [3.63, 3.8) is 0 Å². The van der Waals surface area contributed by atoms with E-state index in [4.69, 9.17) is 5.73 Å². The van der Waals surface area contributed by atoms with Crippen LogP contribution in [0.5, 0.6) is 0 Å². The van der Waals surface area contributed by atoms with Crippen molar-refractivity contribution >= 4 is 27.3 Å². The molecule has 0 spiro atoms. The molecule has 0 unspecified atom stereocenters.